The Labute approximate surface area is 335 Å². The fraction of sp³-hybridized carbons (Fsp3) is 0.0741. The molecule has 10 aromatic rings. The van der Waals surface area contributed by atoms with Gasteiger partial charge in [-0.15, -0.1) is 0 Å². The van der Waals surface area contributed by atoms with Gasteiger partial charge in [-0.3, -0.25) is 0 Å². The van der Waals surface area contributed by atoms with Crippen LogP contribution in [0.25, 0.3) is 99.1 Å². The number of fused-ring (bicyclic) bond motifs is 11. The fourth-order valence-electron chi connectivity index (χ4n) is 9.23. The molecular weight excluding hydrogens is 709 g/mol. The van der Waals surface area contributed by atoms with Crippen molar-refractivity contribution in [3.63, 3.8) is 0 Å². The van der Waals surface area contributed by atoms with E-state index in [9.17, 15) is 0 Å². The highest BCUT2D eigenvalue weighted by Crippen LogP contribution is 2.44. The van der Waals surface area contributed by atoms with Crippen molar-refractivity contribution in [3.8, 4) is 16.8 Å². The monoisotopic (exact) mass is 748 g/mol. The molecule has 0 spiro atoms. The predicted molar refractivity (Wildman–Crippen MR) is 245 cm³/mol. The number of rotatable bonds is 7. The molecule has 0 atom stereocenters. The number of furan rings is 2. The lowest BCUT2D eigenvalue weighted by atomic mass is 9.97. The third kappa shape index (κ3) is 5.22. The van der Waals surface area contributed by atoms with E-state index in [-0.39, 0.29) is 0 Å². The standard InChI is InChI=1S/C54H40N2O2/c1-4-5-17-38(26-24-36-15-8-6-7-9-16-36)55-35(3)34(2)52-46(55)29-30-47-54(52)44-32-37(40-20-14-23-51-53(40)42-19-11-13-22-49(42)58-51)25-28-45(44)56(47)39-27-31-50-43(33-39)41-18-10-12-21-48(41)57-50/h4-6,8-23,25-33H,1,7,24H2,2-3H3/b17-5-,38-26+. The summed E-state index contributed by atoms with van der Waals surface area (Å²) in [6, 6.07) is 41.2. The minimum atomic E-state index is 0.820. The smallest absolute Gasteiger partial charge is 0.136 e. The molecule has 0 N–H and O–H groups in total. The van der Waals surface area contributed by atoms with Crippen LogP contribution in [0, 0.1) is 13.8 Å². The summed E-state index contributed by atoms with van der Waals surface area (Å²) in [5, 5.41) is 8.18. The van der Waals surface area contributed by atoms with Crippen LogP contribution in [-0.2, 0) is 0 Å². The number of hydrogen-bond acceptors (Lipinski definition) is 2. The fourth-order valence-corrected chi connectivity index (χ4v) is 9.23. The molecule has 58 heavy (non-hydrogen) atoms. The molecule has 0 radical (unpaired) electrons. The normalized spacial score (nSPS) is 13.8. The number of para-hydroxylation sites is 2. The number of allylic oxidation sites excluding steroid dienone is 11. The molecule has 0 unspecified atom stereocenters. The first-order valence-electron chi connectivity index (χ1n) is 20.0. The van der Waals surface area contributed by atoms with Gasteiger partial charge < -0.3 is 18.0 Å². The Kier molecular flexibility index (Phi) is 7.87. The lowest BCUT2D eigenvalue weighted by molar-refractivity contribution is 0.668. The number of benzene rings is 6. The molecule has 1 aliphatic rings. The van der Waals surface area contributed by atoms with Gasteiger partial charge in [0.05, 0.1) is 16.6 Å². The maximum atomic E-state index is 6.36. The van der Waals surface area contributed by atoms with Crippen LogP contribution >= 0.6 is 0 Å². The lowest BCUT2D eigenvalue weighted by Gasteiger charge is -2.11. The van der Waals surface area contributed by atoms with Crippen LogP contribution in [0.5, 0.6) is 0 Å². The van der Waals surface area contributed by atoms with Crippen molar-refractivity contribution in [2.45, 2.75) is 26.7 Å². The van der Waals surface area contributed by atoms with Crippen LogP contribution in [-0.4, -0.2) is 9.13 Å². The number of aryl methyl sites for hydroxylation is 1. The molecule has 0 amide bonds. The minimum Gasteiger partial charge on any atom is -0.456 e. The van der Waals surface area contributed by atoms with E-state index < -0.39 is 0 Å². The largest absolute Gasteiger partial charge is 0.456 e. The predicted octanol–water partition coefficient (Wildman–Crippen LogP) is 15.2. The van der Waals surface area contributed by atoms with Crippen molar-refractivity contribution in [2.24, 2.45) is 0 Å². The van der Waals surface area contributed by atoms with E-state index in [1.165, 1.54) is 38.5 Å². The Bertz CT molecular complexity index is 3490. The quantitative estimate of drug-likeness (QED) is 0.152. The summed E-state index contributed by atoms with van der Waals surface area (Å²) in [5.41, 5.74) is 15.3. The van der Waals surface area contributed by atoms with E-state index in [2.05, 4.69) is 169 Å². The van der Waals surface area contributed by atoms with Gasteiger partial charge in [-0.1, -0.05) is 110 Å². The second kappa shape index (κ2) is 13.4. The molecule has 4 heteroatoms. The second-order valence-corrected chi connectivity index (χ2v) is 15.3. The molecule has 11 rings (SSSR count). The lowest BCUT2D eigenvalue weighted by Crippen LogP contribution is -1.98. The molecule has 0 bridgehead atoms. The molecule has 0 saturated carbocycles. The van der Waals surface area contributed by atoms with E-state index in [4.69, 9.17) is 8.83 Å². The summed E-state index contributed by atoms with van der Waals surface area (Å²) < 4.78 is 17.5. The van der Waals surface area contributed by atoms with Gasteiger partial charge in [0, 0.05) is 54.8 Å². The van der Waals surface area contributed by atoms with Crippen molar-refractivity contribution in [1.29, 1.82) is 0 Å². The highest BCUT2D eigenvalue weighted by molar-refractivity contribution is 6.24. The third-order valence-electron chi connectivity index (χ3n) is 12.0. The molecule has 278 valence electrons. The summed E-state index contributed by atoms with van der Waals surface area (Å²) in [7, 11) is 0. The Morgan fingerprint density at radius 3 is 2.31 bits per heavy atom. The van der Waals surface area contributed by atoms with Gasteiger partial charge in [-0.05, 0) is 116 Å². The zero-order valence-corrected chi connectivity index (χ0v) is 32.5. The second-order valence-electron chi connectivity index (χ2n) is 15.3. The van der Waals surface area contributed by atoms with Crippen LogP contribution in [0.15, 0.2) is 191 Å². The minimum absolute atomic E-state index is 0.820. The number of aromatic nitrogens is 2. The van der Waals surface area contributed by atoms with Crippen LogP contribution in [0.3, 0.4) is 0 Å². The van der Waals surface area contributed by atoms with Gasteiger partial charge >= 0.3 is 0 Å². The van der Waals surface area contributed by atoms with Gasteiger partial charge in [-0.2, -0.15) is 0 Å². The Morgan fingerprint density at radius 2 is 1.43 bits per heavy atom. The van der Waals surface area contributed by atoms with Crippen molar-refractivity contribution in [3.05, 3.63) is 193 Å². The van der Waals surface area contributed by atoms with Crippen molar-refractivity contribution < 1.29 is 8.83 Å². The molecule has 1 aliphatic carbocycles. The highest BCUT2D eigenvalue weighted by atomic mass is 16.3. The van der Waals surface area contributed by atoms with E-state index >= 15 is 0 Å². The van der Waals surface area contributed by atoms with Gasteiger partial charge in [-0.25, -0.2) is 0 Å². The average Bonchev–Trinajstić information content (AvgIpc) is 3.92. The number of hydrogen-bond donors (Lipinski definition) is 0. The molecule has 4 nitrogen and oxygen atoms in total. The van der Waals surface area contributed by atoms with Crippen LogP contribution in [0.2, 0.25) is 0 Å². The van der Waals surface area contributed by atoms with Crippen molar-refractivity contribution in [1.82, 2.24) is 9.13 Å². The van der Waals surface area contributed by atoms with Gasteiger partial charge in [0.2, 0.25) is 0 Å². The maximum Gasteiger partial charge on any atom is 0.136 e. The highest BCUT2D eigenvalue weighted by Gasteiger charge is 2.23. The summed E-state index contributed by atoms with van der Waals surface area (Å²) in [5.74, 6) is 0. The van der Waals surface area contributed by atoms with E-state index in [1.54, 1.807) is 0 Å². The molecule has 0 fully saturated rings. The Balaban J connectivity index is 1.21. The summed E-state index contributed by atoms with van der Waals surface area (Å²) in [6.07, 6.45) is 21.2. The SMILES string of the molecule is C=C/C=C\C(=C/CC1=CC=CCC=C1)n1c(C)c(C)c2c3c4cc(-c5cccc6oc7ccccc7c56)ccc4n(-c4ccc5oc6ccccc6c5c4)c3ccc21. The van der Waals surface area contributed by atoms with Gasteiger partial charge in [0.15, 0.2) is 0 Å². The molecule has 0 saturated heterocycles. The zero-order chi connectivity index (χ0) is 38.9. The van der Waals surface area contributed by atoms with Crippen molar-refractivity contribution in [2.75, 3.05) is 0 Å². The molecular formula is C54H40N2O2. The Hall–Kier alpha value is -7.30. The van der Waals surface area contributed by atoms with Crippen LogP contribution < -0.4 is 0 Å². The molecule has 0 aliphatic heterocycles. The zero-order valence-electron chi connectivity index (χ0n) is 32.5. The van der Waals surface area contributed by atoms with E-state index in [0.717, 1.165) is 90.3 Å². The Morgan fingerprint density at radius 1 is 0.672 bits per heavy atom. The maximum absolute atomic E-state index is 6.36. The molecule has 4 heterocycles. The van der Waals surface area contributed by atoms with Crippen LogP contribution in [0.1, 0.15) is 24.1 Å². The third-order valence-corrected chi connectivity index (χ3v) is 12.0. The first-order chi connectivity index (χ1) is 28.6. The van der Waals surface area contributed by atoms with Gasteiger partial charge in [0.1, 0.15) is 22.3 Å². The van der Waals surface area contributed by atoms with E-state index in [1.807, 2.05) is 30.4 Å². The van der Waals surface area contributed by atoms with E-state index in [0.29, 0.717) is 0 Å². The first kappa shape index (κ1) is 34.0. The summed E-state index contributed by atoms with van der Waals surface area (Å²) in [4.78, 5) is 0. The van der Waals surface area contributed by atoms with Crippen LogP contribution in [0.4, 0.5) is 0 Å². The summed E-state index contributed by atoms with van der Waals surface area (Å²) >= 11 is 0. The average molecular weight is 749 g/mol. The van der Waals surface area contributed by atoms with Gasteiger partial charge in [0.25, 0.3) is 0 Å². The molecule has 6 aromatic carbocycles. The molecule has 4 aromatic heterocycles. The summed E-state index contributed by atoms with van der Waals surface area (Å²) in [6.45, 7) is 8.54. The topological polar surface area (TPSA) is 36.1 Å². The number of nitrogens with zero attached hydrogens (tertiary/aromatic N) is 2. The van der Waals surface area contributed by atoms with Crippen molar-refractivity contribution >= 4 is 82.3 Å². The first-order valence-corrected chi connectivity index (χ1v) is 20.0.